The molecule has 1 aromatic rings. The number of rotatable bonds is 3. The maximum atomic E-state index is 12.6. The summed E-state index contributed by atoms with van der Waals surface area (Å²) in [7, 11) is 1.21. The first-order valence-electron chi connectivity index (χ1n) is 4.08. The van der Waals surface area contributed by atoms with E-state index in [-0.39, 0.29) is 11.4 Å². The molecule has 7 heteroatoms. The predicted molar refractivity (Wildman–Crippen MR) is 49.0 cm³/mol. The number of methoxy groups -OCH3 is 1. The molecule has 0 unspecified atom stereocenters. The predicted octanol–water partition coefficient (Wildman–Crippen LogP) is 0.998. The van der Waals surface area contributed by atoms with Crippen LogP contribution in [0.5, 0.6) is 5.88 Å². The molecule has 0 atom stereocenters. The number of aromatic nitrogens is 1. The Morgan fingerprint density at radius 1 is 1.69 bits per heavy atom. The fourth-order valence-corrected chi connectivity index (χ4v) is 1.15. The number of primary amides is 1. The summed E-state index contributed by atoms with van der Waals surface area (Å²) in [6, 6.07) is 2.67. The fraction of sp³-hybridized carbons (Fsp3) is 0.222. The maximum absolute atomic E-state index is 12.6. The van der Waals surface area contributed by atoms with Gasteiger partial charge in [-0.2, -0.15) is 5.26 Å². The van der Waals surface area contributed by atoms with E-state index in [1.54, 1.807) is 6.07 Å². The molecule has 1 rings (SSSR count). The number of nitrogens with two attached hydrogens (primary N) is 1. The van der Waals surface area contributed by atoms with E-state index < -0.39 is 23.6 Å². The van der Waals surface area contributed by atoms with Crippen molar-refractivity contribution in [3.63, 3.8) is 0 Å². The minimum Gasteiger partial charge on any atom is -0.481 e. The molecule has 1 heterocycles. The third-order valence-electron chi connectivity index (χ3n) is 1.81. The van der Waals surface area contributed by atoms with Crippen LogP contribution in [0.2, 0.25) is 0 Å². The molecular weight excluding hydrogens is 220 g/mol. The number of alkyl halides is 2. The number of hydrogen-bond donors (Lipinski definition) is 1. The van der Waals surface area contributed by atoms with E-state index in [9.17, 15) is 13.6 Å². The monoisotopic (exact) mass is 227 g/mol. The van der Waals surface area contributed by atoms with Gasteiger partial charge in [0, 0.05) is 6.07 Å². The normalized spacial score (nSPS) is 9.94. The molecule has 0 saturated heterocycles. The van der Waals surface area contributed by atoms with Crippen LogP contribution in [-0.4, -0.2) is 18.0 Å². The molecular formula is C9H7F2N3O2. The van der Waals surface area contributed by atoms with Crippen LogP contribution in [0.15, 0.2) is 6.07 Å². The van der Waals surface area contributed by atoms with Crippen LogP contribution in [0.25, 0.3) is 0 Å². The molecule has 0 fully saturated rings. The number of nitriles is 1. The largest absolute Gasteiger partial charge is 0.481 e. The molecule has 84 valence electrons. The lowest BCUT2D eigenvalue weighted by atomic mass is 10.1. The summed E-state index contributed by atoms with van der Waals surface area (Å²) in [4.78, 5) is 14.4. The molecule has 0 aliphatic carbocycles. The molecule has 5 nitrogen and oxygen atoms in total. The van der Waals surface area contributed by atoms with Gasteiger partial charge in [-0.1, -0.05) is 0 Å². The van der Waals surface area contributed by atoms with Crippen molar-refractivity contribution in [2.45, 2.75) is 6.43 Å². The summed E-state index contributed by atoms with van der Waals surface area (Å²) < 4.78 is 29.8. The Bertz CT molecular complexity index is 469. The number of hydrogen-bond acceptors (Lipinski definition) is 4. The van der Waals surface area contributed by atoms with E-state index in [1.165, 1.54) is 7.11 Å². The first-order valence-corrected chi connectivity index (χ1v) is 4.08. The van der Waals surface area contributed by atoms with E-state index in [0.29, 0.717) is 0 Å². The second-order valence-corrected chi connectivity index (χ2v) is 2.75. The first-order chi connectivity index (χ1) is 7.51. The summed E-state index contributed by atoms with van der Waals surface area (Å²) in [5.74, 6) is -1.29. The van der Waals surface area contributed by atoms with E-state index in [4.69, 9.17) is 11.0 Å². The molecule has 0 radical (unpaired) electrons. The quantitative estimate of drug-likeness (QED) is 0.834. The fourth-order valence-electron chi connectivity index (χ4n) is 1.15. The Morgan fingerprint density at radius 2 is 2.31 bits per heavy atom. The molecule has 1 amide bonds. The summed E-state index contributed by atoms with van der Waals surface area (Å²) in [5, 5.41) is 8.71. The van der Waals surface area contributed by atoms with Crippen molar-refractivity contribution in [3.05, 3.63) is 22.9 Å². The van der Waals surface area contributed by atoms with E-state index in [0.717, 1.165) is 6.07 Å². The molecule has 0 aliphatic rings. The van der Waals surface area contributed by atoms with Gasteiger partial charge in [-0.25, -0.2) is 13.8 Å². The van der Waals surface area contributed by atoms with Gasteiger partial charge in [0.15, 0.2) is 0 Å². The van der Waals surface area contributed by atoms with Crippen molar-refractivity contribution in [1.82, 2.24) is 4.98 Å². The van der Waals surface area contributed by atoms with Gasteiger partial charge in [0.05, 0.1) is 18.2 Å². The van der Waals surface area contributed by atoms with E-state index >= 15 is 0 Å². The topological polar surface area (TPSA) is 89.0 Å². The third-order valence-corrected chi connectivity index (χ3v) is 1.81. The maximum Gasteiger partial charge on any atom is 0.281 e. The zero-order valence-corrected chi connectivity index (χ0v) is 8.20. The van der Waals surface area contributed by atoms with Gasteiger partial charge in [-0.05, 0) is 0 Å². The van der Waals surface area contributed by atoms with Crippen LogP contribution in [-0.2, 0) is 0 Å². The molecule has 2 N–H and O–H groups in total. The van der Waals surface area contributed by atoms with Crippen molar-refractivity contribution in [3.8, 4) is 11.9 Å². The number of amides is 1. The second kappa shape index (κ2) is 4.53. The second-order valence-electron chi connectivity index (χ2n) is 2.75. The average Bonchev–Trinajstić information content (AvgIpc) is 2.26. The molecule has 0 saturated carbocycles. The Labute approximate surface area is 89.4 Å². The standard InChI is InChI=1S/C9H7F2N3O2/c1-16-5-2-4(3-12)6(9(13)15)7(14-5)8(10)11/h2,8H,1H3,(H2,13,15). The molecule has 1 aromatic heterocycles. The summed E-state index contributed by atoms with van der Waals surface area (Å²) in [6.45, 7) is 0. The summed E-state index contributed by atoms with van der Waals surface area (Å²) in [5.41, 5.74) is 3.22. The van der Waals surface area contributed by atoms with Crippen molar-refractivity contribution in [2.75, 3.05) is 7.11 Å². The van der Waals surface area contributed by atoms with Crippen molar-refractivity contribution in [2.24, 2.45) is 5.73 Å². The molecule has 0 aliphatic heterocycles. The van der Waals surface area contributed by atoms with Crippen molar-refractivity contribution < 1.29 is 18.3 Å². The SMILES string of the molecule is COc1cc(C#N)c(C(N)=O)c(C(F)F)n1. The number of carbonyl (C=O) groups is 1. The molecule has 0 spiro atoms. The van der Waals surface area contributed by atoms with E-state index in [2.05, 4.69) is 9.72 Å². The van der Waals surface area contributed by atoms with Gasteiger partial charge in [-0.3, -0.25) is 4.79 Å². The first kappa shape index (κ1) is 11.8. The lowest BCUT2D eigenvalue weighted by Gasteiger charge is -2.08. The van der Waals surface area contributed by atoms with Gasteiger partial charge < -0.3 is 10.5 Å². The minimum absolute atomic E-state index is 0.170. The Kier molecular flexibility index (Phi) is 3.35. The highest BCUT2D eigenvalue weighted by Crippen LogP contribution is 2.26. The van der Waals surface area contributed by atoms with E-state index in [1.807, 2.05) is 0 Å². The Morgan fingerprint density at radius 3 is 2.69 bits per heavy atom. The Hall–Kier alpha value is -2.23. The van der Waals surface area contributed by atoms with Crippen LogP contribution in [0, 0.1) is 11.3 Å². The zero-order chi connectivity index (χ0) is 12.3. The Balaban J connectivity index is 3.55. The van der Waals surface area contributed by atoms with Crippen LogP contribution in [0.3, 0.4) is 0 Å². The number of nitrogens with zero attached hydrogens (tertiary/aromatic N) is 2. The smallest absolute Gasteiger partial charge is 0.281 e. The molecule has 0 aromatic carbocycles. The van der Waals surface area contributed by atoms with Gasteiger partial charge in [-0.15, -0.1) is 0 Å². The van der Waals surface area contributed by atoms with Gasteiger partial charge in [0.2, 0.25) is 5.88 Å². The van der Waals surface area contributed by atoms with Crippen LogP contribution in [0.1, 0.15) is 28.0 Å². The molecule has 16 heavy (non-hydrogen) atoms. The number of halogens is 2. The lowest BCUT2D eigenvalue weighted by Crippen LogP contribution is -2.17. The highest BCUT2D eigenvalue weighted by Gasteiger charge is 2.23. The van der Waals surface area contributed by atoms with Crippen LogP contribution < -0.4 is 10.5 Å². The van der Waals surface area contributed by atoms with Crippen molar-refractivity contribution in [1.29, 1.82) is 5.26 Å². The van der Waals surface area contributed by atoms with Gasteiger partial charge >= 0.3 is 0 Å². The average molecular weight is 227 g/mol. The summed E-state index contributed by atoms with van der Waals surface area (Å²) in [6.07, 6.45) is -3.01. The van der Waals surface area contributed by atoms with Crippen LogP contribution >= 0.6 is 0 Å². The third kappa shape index (κ3) is 2.06. The van der Waals surface area contributed by atoms with Crippen molar-refractivity contribution >= 4 is 5.91 Å². The summed E-state index contributed by atoms with van der Waals surface area (Å²) >= 11 is 0. The minimum atomic E-state index is -3.01. The highest BCUT2D eigenvalue weighted by molar-refractivity contribution is 5.96. The lowest BCUT2D eigenvalue weighted by molar-refractivity contribution is 0.0982. The number of pyridine rings is 1. The zero-order valence-electron chi connectivity index (χ0n) is 8.20. The highest BCUT2D eigenvalue weighted by atomic mass is 19.3. The molecule has 0 bridgehead atoms. The number of ether oxygens (including phenoxy) is 1. The number of carbonyl (C=O) groups excluding carboxylic acids is 1. The van der Waals surface area contributed by atoms with Crippen LogP contribution in [0.4, 0.5) is 8.78 Å². The van der Waals surface area contributed by atoms with Gasteiger partial charge in [0.25, 0.3) is 12.3 Å². The van der Waals surface area contributed by atoms with Gasteiger partial charge in [0.1, 0.15) is 11.8 Å².